The fourth-order valence-corrected chi connectivity index (χ4v) is 1.27. The first-order chi connectivity index (χ1) is 7.15. The Labute approximate surface area is 84.6 Å². The van der Waals surface area contributed by atoms with E-state index in [1.165, 1.54) is 24.3 Å². The maximum Gasteiger partial charge on any atom is 0.264 e. The summed E-state index contributed by atoms with van der Waals surface area (Å²) in [6.07, 6.45) is 0. The van der Waals surface area contributed by atoms with Crippen molar-refractivity contribution in [2.45, 2.75) is 0 Å². The zero-order valence-electron chi connectivity index (χ0n) is 7.70. The number of nitrogen functional groups attached to an aromatic ring is 1. The first-order valence-corrected chi connectivity index (χ1v) is 4.27. The van der Waals surface area contributed by atoms with Crippen LogP contribution in [0.1, 0.15) is 0 Å². The fourth-order valence-electron chi connectivity index (χ4n) is 1.27. The van der Waals surface area contributed by atoms with Gasteiger partial charge in [0.1, 0.15) is 5.82 Å². The lowest BCUT2D eigenvalue weighted by Gasteiger charge is -2.01. The molecule has 0 aliphatic heterocycles. The van der Waals surface area contributed by atoms with Gasteiger partial charge in [0.05, 0.1) is 5.69 Å². The van der Waals surface area contributed by atoms with Gasteiger partial charge in [0.2, 0.25) is 0 Å². The van der Waals surface area contributed by atoms with Crippen LogP contribution >= 0.6 is 0 Å². The van der Waals surface area contributed by atoms with Gasteiger partial charge in [-0.3, -0.25) is 4.79 Å². The van der Waals surface area contributed by atoms with Crippen molar-refractivity contribution in [2.24, 2.45) is 0 Å². The number of H-pyrrole nitrogens is 1. The highest BCUT2D eigenvalue weighted by Crippen LogP contribution is 2.19. The van der Waals surface area contributed by atoms with Crippen molar-refractivity contribution in [3.05, 3.63) is 46.5 Å². The van der Waals surface area contributed by atoms with Gasteiger partial charge in [0.25, 0.3) is 5.56 Å². The molecule has 5 heteroatoms. The zero-order chi connectivity index (χ0) is 10.8. The second-order valence-electron chi connectivity index (χ2n) is 3.08. The molecule has 2 aromatic rings. The molecule has 0 bridgehead atoms. The van der Waals surface area contributed by atoms with E-state index in [1.54, 1.807) is 6.07 Å². The van der Waals surface area contributed by atoms with Gasteiger partial charge in [-0.15, -0.1) is 0 Å². The van der Waals surface area contributed by atoms with E-state index in [0.29, 0.717) is 16.9 Å². The van der Waals surface area contributed by atoms with Crippen molar-refractivity contribution in [3.63, 3.8) is 0 Å². The van der Waals surface area contributed by atoms with Crippen LogP contribution < -0.4 is 11.3 Å². The van der Waals surface area contributed by atoms with Gasteiger partial charge < -0.3 is 5.73 Å². The minimum absolute atomic E-state index is 0.303. The molecule has 4 nitrogen and oxygen atoms in total. The van der Waals surface area contributed by atoms with Crippen LogP contribution in [0.2, 0.25) is 0 Å². The SMILES string of the molecule is Nc1cc(F)cc(-c2ccc(=O)[nH]n2)c1. The maximum absolute atomic E-state index is 13.0. The summed E-state index contributed by atoms with van der Waals surface area (Å²) in [7, 11) is 0. The van der Waals surface area contributed by atoms with Crippen molar-refractivity contribution < 1.29 is 4.39 Å². The third kappa shape index (κ3) is 2.01. The summed E-state index contributed by atoms with van der Waals surface area (Å²) in [5.74, 6) is -0.432. The van der Waals surface area contributed by atoms with E-state index < -0.39 is 5.82 Å². The first kappa shape index (κ1) is 9.39. The topological polar surface area (TPSA) is 71.8 Å². The molecular formula is C10H8FN3O. The highest BCUT2D eigenvalue weighted by atomic mass is 19.1. The Morgan fingerprint density at radius 2 is 2.07 bits per heavy atom. The predicted octanol–water partition coefficient (Wildman–Crippen LogP) is 1.16. The van der Waals surface area contributed by atoms with Crippen molar-refractivity contribution in [2.75, 3.05) is 5.73 Å². The highest BCUT2D eigenvalue weighted by Gasteiger charge is 2.02. The van der Waals surface area contributed by atoms with Gasteiger partial charge in [0.15, 0.2) is 0 Å². The Bertz CT molecular complexity index is 510. The number of nitrogens with one attached hydrogen (secondary N) is 1. The number of aromatic amines is 1. The summed E-state index contributed by atoms with van der Waals surface area (Å²) in [4.78, 5) is 10.8. The van der Waals surface area contributed by atoms with Crippen molar-refractivity contribution >= 4 is 5.69 Å². The molecule has 1 heterocycles. The van der Waals surface area contributed by atoms with E-state index >= 15 is 0 Å². The van der Waals surface area contributed by atoms with E-state index in [0.717, 1.165) is 0 Å². The second-order valence-corrected chi connectivity index (χ2v) is 3.08. The first-order valence-electron chi connectivity index (χ1n) is 4.27. The van der Waals surface area contributed by atoms with Crippen molar-refractivity contribution in [3.8, 4) is 11.3 Å². The molecule has 0 saturated carbocycles. The average molecular weight is 205 g/mol. The standard InChI is InChI=1S/C10H8FN3O/c11-7-3-6(4-8(12)5-7)9-1-2-10(15)14-13-9/h1-5H,12H2,(H,14,15). The smallest absolute Gasteiger partial charge is 0.264 e. The number of rotatable bonds is 1. The zero-order valence-corrected chi connectivity index (χ0v) is 7.70. The van der Waals surface area contributed by atoms with E-state index in [1.807, 2.05) is 0 Å². The van der Waals surface area contributed by atoms with E-state index in [-0.39, 0.29) is 5.56 Å². The molecule has 0 aliphatic rings. The average Bonchev–Trinajstić information content (AvgIpc) is 2.17. The van der Waals surface area contributed by atoms with Crippen LogP contribution in [0.4, 0.5) is 10.1 Å². The molecule has 0 aliphatic carbocycles. The highest BCUT2D eigenvalue weighted by molar-refractivity contribution is 5.63. The summed E-state index contributed by atoms with van der Waals surface area (Å²) in [5, 5.41) is 6.04. The van der Waals surface area contributed by atoms with Crippen LogP contribution in [0, 0.1) is 5.82 Å². The van der Waals surface area contributed by atoms with E-state index in [2.05, 4.69) is 10.2 Å². The van der Waals surface area contributed by atoms with Crippen LogP contribution in [0.15, 0.2) is 35.1 Å². The molecule has 0 unspecified atom stereocenters. The molecule has 76 valence electrons. The van der Waals surface area contributed by atoms with Crippen LogP contribution in [-0.4, -0.2) is 10.2 Å². The van der Waals surface area contributed by atoms with Crippen LogP contribution in [0.5, 0.6) is 0 Å². The number of anilines is 1. The number of aromatic nitrogens is 2. The number of nitrogens with zero attached hydrogens (tertiary/aromatic N) is 1. The fraction of sp³-hybridized carbons (Fsp3) is 0. The molecule has 3 N–H and O–H groups in total. The molecule has 0 fully saturated rings. The van der Waals surface area contributed by atoms with Crippen molar-refractivity contribution in [1.82, 2.24) is 10.2 Å². The summed E-state index contributed by atoms with van der Waals surface area (Å²) < 4.78 is 13.0. The van der Waals surface area contributed by atoms with Crippen LogP contribution in [0.25, 0.3) is 11.3 Å². The maximum atomic E-state index is 13.0. The van der Waals surface area contributed by atoms with E-state index in [4.69, 9.17) is 5.73 Å². The number of halogens is 1. The molecule has 0 radical (unpaired) electrons. The Morgan fingerprint density at radius 3 is 2.67 bits per heavy atom. The van der Waals surface area contributed by atoms with E-state index in [9.17, 15) is 9.18 Å². The molecule has 15 heavy (non-hydrogen) atoms. The summed E-state index contributed by atoms with van der Waals surface area (Å²) in [6.45, 7) is 0. The number of hydrogen-bond acceptors (Lipinski definition) is 3. The lowest BCUT2D eigenvalue weighted by molar-refractivity contribution is 0.629. The normalized spacial score (nSPS) is 10.2. The number of nitrogens with two attached hydrogens (primary N) is 1. The van der Waals surface area contributed by atoms with Gasteiger partial charge >= 0.3 is 0 Å². The lowest BCUT2D eigenvalue weighted by Crippen LogP contribution is -2.05. The molecular weight excluding hydrogens is 197 g/mol. The number of benzene rings is 1. The molecule has 2 rings (SSSR count). The van der Waals surface area contributed by atoms with Gasteiger partial charge in [-0.05, 0) is 24.3 Å². The molecule has 0 atom stereocenters. The largest absolute Gasteiger partial charge is 0.399 e. The van der Waals surface area contributed by atoms with Crippen molar-refractivity contribution in [1.29, 1.82) is 0 Å². The van der Waals surface area contributed by atoms with Crippen LogP contribution in [0.3, 0.4) is 0 Å². The molecule has 1 aromatic heterocycles. The van der Waals surface area contributed by atoms with Gasteiger partial charge in [-0.1, -0.05) is 0 Å². The monoisotopic (exact) mass is 205 g/mol. The Morgan fingerprint density at radius 1 is 1.27 bits per heavy atom. The van der Waals surface area contributed by atoms with Gasteiger partial charge in [-0.25, -0.2) is 9.49 Å². The molecule has 0 spiro atoms. The Kier molecular flexibility index (Phi) is 2.21. The molecule has 1 aromatic carbocycles. The minimum atomic E-state index is -0.432. The third-order valence-electron chi connectivity index (χ3n) is 1.90. The van der Waals surface area contributed by atoms with Gasteiger partial charge in [0, 0.05) is 17.3 Å². The molecule has 0 saturated heterocycles. The second kappa shape index (κ2) is 3.53. The molecule has 0 amide bonds. The Hall–Kier alpha value is -2.17. The quantitative estimate of drug-likeness (QED) is 0.686. The third-order valence-corrected chi connectivity index (χ3v) is 1.90. The van der Waals surface area contributed by atoms with Gasteiger partial charge in [-0.2, -0.15) is 5.10 Å². The van der Waals surface area contributed by atoms with Crippen LogP contribution in [-0.2, 0) is 0 Å². The summed E-state index contributed by atoms with van der Waals surface area (Å²) in [5.41, 5.74) is 6.51. The Balaban J connectivity index is 2.53. The summed E-state index contributed by atoms with van der Waals surface area (Å²) >= 11 is 0. The number of hydrogen-bond donors (Lipinski definition) is 2. The summed E-state index contributed by atoms with van der Waals surface area (Å²) in [6, 6.07) is 6.94. The minimum Gasteiger partial charge on any atom is -0.399 e. The predicted molar refractivity (Wildman–Crippen MR) is 54.7 cm³/mol. The lowest BCUT2D eigenvalue weighted by atomic mass is 10.1.